The summed E-state index contributed by atoms with van der Waals surface area (Å²) in [6, 6.07) is 0. The quantitative estimate of drug-likeness (QED) is 0.0195. The number of rotatable bonds is 54. The van der Waals surface area contributed by atoms with E-state index in [0.29, 0.717) is 17.4 Å². The van der Waals surface area contributed by atoms with Crippen LogP contribution in [0, 0.1) is 0 Å². The van der Waals surface area contributed by atoms with Gasteiger partial charge in [0.1, 0.15) is 13.2 Å². The lowest BCUT2D eigenvalue weighted by Crippen LogP contribution is -2.44. The van der Waals surface area contributed by atoms with Gasteiger partial charge in [0, 0.05) is 12.8 Å². The molecule has 0 saturated carbocycles. The summed E-state index contributed by atoms with van der Waals surface area (Å²) in [5, 5.41) is 11.8. The van der Waals surface area contributed by atoms with E-state index in [1.807, 2.05) is 21.1 Å². The molecule has 0 radical (unpaired) electrons. The van der Waals surface area contributed by atoms with Crippen LogP contribution in [0.4, 0.5) is 0 Å². The van der Waals surface area contributed by atoms with Crippen molar-refractivity contribution in [3.05, 3.63) is 97.2 Å². The van der Waals surface area contributed by atoms with Gasteiger partial charge in [0.2, 0.25) is 0 Å². The van der Waals surface area contributed by atoms with E-state index < -0.39 is 24.3 Å². The first-order valence-electron chi connectivity index (χ1n) is 29.9. The number of likely N-dealkylation sites (N-methyl/N-ethyl adjacent to an activating group) is 1. The Bertz CT molecular complexity index is 1530. The van der Waals surface area contributed by atoms with Crippen LogP contribution in [-0.2, 0) is 33.3 Å². The molecule has 0 fully saturated rings. The molecule has 0 aliphatic heterocycles. The standard InChI is InChI=1S/C65H111NO8/c1-6-8-10-12-14-16-18-20-22-24-25-26-27-28-29-30-31-32-33-34-35-36-37-38-39-40-42-44-46-48-50-52-54-56-63(68)74-61(60-73-65(64(69)70)71-58-57-66(3,4)5)59-72-62(67)55-53-51-49-47-45-43-41-23-21-19-17-15-13-11-9-7-2/h8,10,14,16,20,22,25-26,28-29,31-32,34-35,37-38,61,65H,6-7,9,11-13,15,17-19,21,23-24,27,30,33,36,39-60H2,1-5H3/b10-8-,16-14-,22-20-,26-25-,29-28-,32-31-,35-34-,38-37-. The number of carbonyl (C=O) groups is 3. The van der Waals surface area contributed by atoms with Crippen molar-refractivity contribution >= 4 is 17.9 Å². The van der Waals surface area contributed by atoms with Crippen LogP contribution >= 0.6 is 0 Å². The van der Waals surface area contributed by atoms with Crippen LogP contribution in [0.3, 0.4) is 0 Å². The first-order valence-corrected chi connectivity index (χ1v) is 29.9. The average Bonchev–Trinajstić information content (AvgIpc) is 3.37. The molecule has 0 rings (SSSR count). The van der Waals surface area contributed by atoms with E-state index in [1.54, 1.807) is 0 Å². The second-order valence-corrected chi connectivity index (χ2v) is 20.9. The summed E-state index contributed by atoms with van der Waals surface area (Å²) in [5.74, 6) is -2.29. The number of hydrogen-bond donors (Lipinski definition) is 0. The number of carboxylic acids is 1. The van der Waals surface area contributed by atoms with Crippen LogP contribution in [0.1, 0.15) is 239 Å². The highest BCUT2D eigenvalue weighted by Gasteiger charge is 2.22. The zero-order chi connectivity index (χ0) is 54.1. The second kappa shape index (κ2) is 55.4. The molecule has 0 amide bonds. The maximum absolute atomic E-state index is 12.9. The molecule has 0 aromatic heterocycles. The molecule has 74 heavy (non-hydrogen) atoms. The first-order chi connectivity index (χ1) is 36.1. The number of nitrogens with zero attached hydrogens (tertiary/aromatic N) is 1. The number of allylic oxidation sites excluding steroid dienone is 16. The van der Waals surface area contributed by atoms with E-state index in [1.165, 1.54) is 109 Å². The predicted molar refractivity (Wildman–Crippen MR) is 311 cm³/mol. The van der Waals surface area contributed by atoms with Gasteiger partial charge in [-0.05, 0) is 77.0 Å². The van der Waals surface area contributed by atoms with Crippen molar-refractivity contribution in [2.75, 3.05) is 47.5 Å². The molecule has 0 aromatic rings. The number of aliphatic carboxylic acids is 1. The van der Waals surface area contributed by atoms with Gasteiger partial charge in [-0.25, -0.2) is 0 Å². The third-order valence-electron chi connectivity index (χ3n) is 12.6. The molecule has 0 bridgehead atoms. The Morgan fingerprint density at radius 1 is 0.419 bits per heavy atom. The second-order valence-electron chi connectivity index (χ2n) is 20.9. The lowest BCUT2D eigenvalue weighted by atomic mass is 10.0. The molecule has 0 aliphatic carbocycles. The fraction of sp³-hybridized carbons (Fsp3) is 0.708. The van der Waals surface area contributed by atoms with Crippen molar-refractivity contribution in [2.45, 2.75) is 251 Å². The van der Waals surface area contributed by atoms with Gasteiger partial charge < -0.3 is 33.3 Å². The molecular formula is C65H111NO8. The number of esters is 2. The lowest BCUT2D eigenvalue weighted by Gasteiger charge is -2.26. The third kappa shape index (κ3) is 55.9. The van der Waals surface area contributed by atoms with Gasteiger partial charge >= 0.3 is 11.9 Å². The largest absolute Gasteiger partial charge is 0.545 e. The summed E-state index contributed by atoms with van der Waals surface area (Å²) in [5.41, 5.74) is 0. The summed E-state index contributed by atoms with van der Waals surface area (Å²) in [6.07, 6.45) is 71.7. The fourth-order valence-electron chi connectivity index (χ4n) is 8.02. The third-order valence-corrected chi connectivity index (χ3v) is 12.6. The van der Waals surface area contributed by atoms with Gasteiger partial charge in [0.25, 0.3) is 0 Å². The number of quaternary nitrogens is 1. The molecule has 0 spiro atoms. The van der Waals surface area contributed by atoms with E-state index in [-0.39, 0.29) is 38.6 Å². The van der Waals surface area contributed by atoms with Crippen LogP contribution in [0.2, 0.25) is 0 Å². The van der Waals surface area contributed by atoms with Gasteiger partial charge in [-0.2, -0.15) is 0 Å². The summed E-state index contributed by atoms with van der Waals surface area (Å²) < 4.78 is 22.7. The number of ether oxygens (including phenoxy) is 4. The van der Waals surface area contributed by atoms with Crippen molar-refractivity contribution in [2.24, 2.45) is 0 Å². The molecule has 9 nitrogen and oxygen atoms in total. The monoisotopic (exact) mass is 1030 g/mol. The number of hydrogen-bond acceptors (Lipinski definition) is 8. The minimum absolute atomic E-state index is 0.143. The van der Waals surface area contributed by atoms with E-state index in [4.69, 9.17) is 18.9 Å². The number of carboxylic acid groups (broad SMARTS) is 1. The molecule has 424 valence electrons. The van der Waals surface area contributed by atoms with Crippen LogP contribution in [-0.4, -0.2) is 82.3 Å². The summed E-state index contributed by atoms with van der Waals surface area (Å²) in [6.45, 7) is 4.63. The summed E-state index contributed by atoms with van der Waals surface area (Å²) in [7, 11) is 5.92. The molecule has 2 atom stereocenters. The molecule has 0 heterocycles. The molecule has 0 N–H and O–H groups in total. The lowest BCUT2D eigenvalue weighted by molar-refractivity contribution is -0.870. The van der Waals surface area contributed by atoms with Crippen LogP contribution < -0.4 is 5.11 Å². The fourth-order valence-corrected chi connectivity index (χ4v) is 8.02. The van der Waals surface area contributed by atoms with Crippen LogP contribution in [0.5, 0.6) is 0 Å². The van der Waals surface area contributed by atoms with Crippen molar-refractivity contribution in [1.82, 2.24) is 0 Å². The minimum Gasteiger partial charge on any atom is -0.545 e. The van der Waals surface area contributed by atoms with Crippen LogP contribution in [0.15, 0.2) is 97.2 Å². The van der Waals surface area contributed by atoms with Crippen molar-refractivity contribution in [1.29, 1.82) is 0 Å². The zero-order valence-corrected chi connectivity index (χ0v) is 48.2. The predicted octanol–water partition coefficient (Wildman–Crippen LogP) is 16.4. The zero-order valence-electron chi connectivity index (χ0n) is 48.2. The van der Waals surface area contributed by atoms with E-state index in [0.717, 1.165) is 96.3 Å². The van der Waals surface area contributed by atoms with E-state index >= 15 is 0 Å². The van der Waals surface area contributed by atoms with Crippen LogP contribution in [0.25, 0.3) is 0 Å². The molecule has 2 unspecified atom stereocenters. The van der Waals surface area contributed by atoms with E-state index in [9.17, 15) is 19.5 Å². The maximum atomic E-state index is 12.9. The Balaban J connectivity index is 4.23. The summed E-state index contributed by atoms with van der Waals surface area (Å²) in [4.78, 5) is 37.3. The topological polar surface area (TPSA) is 111 Å². The Hall–Kier alpha value is -3.79. The molecule has 0 saturated heterocycles. The van der Waals surface area contributed by atoms with E-state index in [2.05, 4.69) is 111 Å². The number of unbranched alkanes of at least 4 members (excludes halogenated alkanes) is 23. The smallest absolute Gasteiger partial charge is 0.306 e. The Morgan fingerprint density at radius 3 is 1.15 bits per heavy atom. The first kappa shape index (κ1) is 70.2. The maximum Gasteiger partial charge on any atom is 0.306 e. The molecular weight excluding hydrogens is 923 g/mol. The Kier molecular flexibility index (Phi) is 52.6. The summed E-state index contributed by atoms with van der Waals surface area (Å²) >= 11 is 0. The van der Waals surface area contributed by atoms with Crippen molar-refractivity contribution < 1.29 is 42.9 Å². The Labute approximate surface area is 454 Å². The van der Waals surface area contributed by atoms with Crippen molar-refractivity contribution in [3.8, 4) is 0 Å². The minimum atomic E-state index is -1.63. The van der Waals surface area contributed by atoms with Crippen molar-refractivity contribution in [3.63, 3.8) is 0 Å². The Morgan fingerprint density at radius 2 is 0.770 bits per heavy atom. The SMILES string of the molecule is CC/C=C\C/C=C\C/C=C\C/C=C\C/C=C\C/C=C\C/C=C\C/C=C\CCCCCCCCCCC(=O)OC(COC(=O)CCCCCCCCCCCCCCCCCC)COC(OCC[N+](C)(C)C)C(=O)[O-]. The average molecular weight is 1030 g/mol. The molecule has 9 heteroatoms. The van der Waals surface area contributed by atoms with Gasteiger partial charge in [0.05, 0.1) is 40.3 Å². The van der Waals surface area contributed by atoms with Gasteiger partial charge in [-0.15, -0.1) is 0 Å². The van der Waals surface area contributed by atoms with Gasteiger partial charge in [-0.1, -0.05) is 246 Å². The molecule has 0 aromatic carbocycles. The highest BCUT2D eigenvalue weighted by molar-refractivity contribution is 5.70. The highest BCUT2D eigenvalue weighted by atomic mass is 16.7. The van der Waals surface area contributed by atoms with Gasteiger partial charge in [-0.3, -0.25) is 9.59 Å². The highest BCUT2D eigenvalue weighted by Crippen LogP contribution is 2.16. The number of carbonyl (C=O) groups excluding carboxylic acids is 3. The normalized spacial score (nSPS) is 13.5. The van der Waals surface area contributed by atoms with Gasteiger partial charge in [0.15, 0.2) is 12.4 Å². The molecule has 0 aliphatic rings.